The number of allylic oxidation sites excluding steroid dienone is 4. The molecular formula is C24H32F2N6O3. The Morgan fingerprint density at radius 1 is 1.29 bits per heavy atom. The monoisotopic (exact) mass is 490 g/mol. The Balaban J connectivity index is 2.04. The van der Waals surface area contributed by atoms with Crippen LogP contribution < -0.4 is 27.6 Å². The number of halogens is 2. The van der Waals surface area contributed by atoms with E-state index in [9.17, 15) is 14.0 Å². The van der Waals surface area contributed by atoms with E-state index in [4.69, 9.17) is 16.3 Å². The maximum atomic E-state index is 15.1. The van der Waals surface area contributed by atoms with Crippen molar-refractivity contribution in [2.24, 2.45) is 11.6 Å². The Morgan fingerprint density at radius 3 is 2.54 bits per heavy atom. The first-order valence-corrected chi connectivity index (χ1v) is 11.0. The Bertz CT molecular complexity index is 1020. The summed E-state index contributed by atoms with van der Waals surface area (Å²) in [6.45, 7) is 7.56. The van der Waals surface area contributed by atoms with Crippen LogP contribution in [0, 0.1) is 0 Å². The number of ether oxygens (including phenoxy) is 1. The van der Waals surface area contributed by atoms with Gasteiger partial charge in [0.2, 0.25) is 5.91 Å². The van der Waals surface area contributed by atoms with Crippen LogP contribution in [0.4, 0.5) is 13.6 Å². The van der Waals surface area contributed by atoms with Gasteiger partial charge in [-0.05, 0) is 37.1 Å². The SMILES string of the molecule is C=C(/C=C(F)\C(=C(/C)F)c1ccc(CCNC/C(=C/N)NN)cc1)N1CC(CNC(C)=O)OC1=O. The van der Waals surface area contributed by atoms with E-state index in [1.807, 2.05) is 0 Å². The van der Waals surface area contributed by atoms with Crippen molar-refractivity contribution in [2.75, 3.05) is 26.2 Å². The number of hydrogen-bond donors (Lipinski definition) is 5. The zero-order valence-electron chi connectivity index (χ0n) is 19.9. The number of amides is 2. The fraction of sp³-hybridized carbons (Fsp3) is 0.333. The minimum Gasteiger partial charge on any atom is -0.442 e. The highest BCUT2D eigenvalue weighted by Gasteiger charge is 2.32. The molecule has 1 fully saturated rings. The lowest BCUT2D eigenvalue weighted by Gasteiger charge is -2.14. The number of carbonyl (C=O) groups is 2. The van der Waals surface area contributed by atoms with E-state index in [0.717, 1.165) is 23.5 Å². The van der Waals surface area contributed by atoms with Crippen molar-refractivity contribution in [2.45, 2.75) is 26.4 Å². The topological polar surface area (TPSA) is 135 Å². The molecule has 1 atom stereocenters. The van der Waals surface area contributed by atoms with E-state index < -0.39 is 23.9 Å². The Morgan fingerprint density at radius 2 is 1.97 bits per heavy atom. The van der Waals surface area contributed by atoms with Gasteiger partial charge < -0.3 is 26.5 Å². The van der Waals surface area contributed by atoms with Gasteiger partial charge in [-0.1, -0.05) is 30.8 Å². The fourth-order valence-electron chi connectivity index (χ4n) is 3.37. The van der Waals surface area contributed by atoms with Crippen molar-refractivity contribution in [1.82, 2.24) is 21.0 Å². The predicted molar refractivity (Wildman–Crippen MR) is 130 cm³/mol. The molecule has 0 spiro atoms. The van der Waals surface area contributed by atoms with E-state index >= 15 is 4.39 Å². The number of nitrogens with one attached hydrogen (secondary N) is 3. The minimum absolute atomic E-state index is 0.0112. The second-order valence-electron chi connectivity index (χ2n) is 7.91. The quantitative estimate of drug-likeness (QED) is 0.131. The number of nitrogens with zero attached hydrogens (tertiary/aromatic N) is 1. The molecule has 0 radical (unpaired) electrons. The van der Waals surface area contributed by atoms with Crippen molar-refractivity contribution in [1.29, 1.82) is 0 Å². The average Bonchev–Trinajstić information content (AvgIpc) is 3.19. The molecule has 11 heteroatoms. The molecule has 2 amide bonds. The molecule has 0 aromatic heterocycles. The third-order valence-corrected chi connectivity index (χ3v) is 5.21. The van der Waals surface area contributed by atoms with Gasteiger partial charge in [0, 0.05) is 30.9 Å². The molecule has 2 rings (SSSR count). The van der Waals surface area contributed by atoms with Gasteiger partial charge in [0.15, 0.2) is 0 Å². The molecule has 190 valence electrons. The highest BCUT2D eigenvalue weighted by Crippen LogP contribution is 2.30. The maximum absolute atomic E-state index is 15.1. The standard InChI is InChI=1S/C24H32F2N6O3/c1-15(32-14-21(35-24(32)34)13-30-17(3)33)10-22(26)23(16(2)25)19-6-4-18(5-7-19)8-9-29-12-20(11-27)31-28/h4-7,10-11,21,29,31H,1,8-9,12-14,27-28H2,2-3H3,(H,30,33)/b20-11-,22-10+,23-16+. The van der Waals surface area contributed by atoms with Gasteiger partial charge in [-0.2, -0.15) is 0 Å². The van der Waals surface area contributed by atoms with Crippen molar-refractivity contribution in [3.63, 3.8) is 0 Å². The third-order valence-electron chi connectivity index (χ3n) is 5.21. The van der Waals surface area contributed by atoms with Crippen LogP contribution in [0.5, 0.6) is 0 Å². The van der Waals surface area contributed by atoms with E-state index in [1.54, 1.807) is 24.3 Å². The number of nitrogens with two attached hydrogens (primary N) is 2. The Kier molecular flexibility index (Phi) is 10.4. The maximum Gasteiger partial charge on any atom is 0.414 e. The molecule has 7 N–H and O–H groups in total. The first kappa shape index (κ1) is 27.5. The van der Waals surface area contributed by atoms with E-state index in [2.05, 4.69) is 22.6 Å². The van der Waals surface area contributed by atoms with Crippen molar-refractivity contribution in [3.05, 3.63) is 77.3 Å². The lowest BCUT2D eigenvalue weighted by molar-refractivity contribution is -0.119. The summed E-state index contributed by atoms with van der Waals surface area (Å²) in [6.07, 6.45) is 1.74. The molecule has 1 aliphatic rings. The lowest BCUT2D eigenvalue weighted by atomic mass is 10.0. The predicted octanol–water partition coefficient (Wildman–Crippen LogP) is 2.11. The number of rotatable bonds is 12. The first-order valence-electron chi connectivity index (χ1n) is 11.0. The number of hydrogen-bond acceptors (Lipinski definition) is 7. The minimum atomic E-state index is -0.877. The number of carbonyl (C=O) groups excluding carboxylic acids is 2. The highest BCUT2D eigenvalue weighted by molar-refractivity contribution is 5.80. The van der Waals surface area contributed by atoms with Gasteiger partial charge >= 0.3 is 6.09 Å². The van der Waals surface area contributed by atoms with Crippen LogP contribution in [0.15, 0.2) is 66.2 Å². The van der Waals surface area contributed by atoms with Gasteiger partial charge in [0.25, 0.3) is 0 Å². The highest BCUT2D eigenvalue weighted by atomic mass is 19.1. The van der Waals surface area contributed by atoms with Gasteiger partial charge in [-0.25, -0.2) is 13.6 Å². The average molecular weight is 491 g/mol. The van der Waals surface area contributed by atoms with Crippen molar-refractivity contribution in [3.8, 4) is 0 Å². The number of benzene rings is 1. The fourth-order valence-corrected chi connectivity index (χ4v) is 3.37. The molecule has 0 saturated carbocycles. The summed E-state index contributed by atoms with van der Waals surface area (Å²) in [5, 5.41) is 5.73. The second kappa shape index (κ2) is 13.3. The molecule has 1 heterocycles. The Hall–Kier alpha value is -3.70. The van der Waals surface area contributed by atoms with Crippen LogP contribution in [-0.2, 0) is 16.0 Å². The molecule has 9 nitrogen and oxygen atoms in total. The summed E-state index contributed by atoms with van der Waals surface area (Å²) < 4.78 is 34.6. The summed E-state index contributed by atoms with van der Waals surface area (Å²) in [5.74, 6) is 3.46. The summed E-state index contributed by atoms with van der Waals surface area (Å²) in [6, 6.07) is 6.83. The van der Waals surface area contributed by atoms with Gasteiger partial charge in [-0.3, -0.25) is 15.5 Å². The smallest absolute Gasteiger partial charge is 0.414 e. The number of cyclic esters (lactones) is 1. The summed E-state index contributed by atoms with van der Waals surface area (Å²) in [7, 11) is 0. The molecule has 1 saturated heterocycles. The van der Waals surface area contributed by atoms with E-state index in [1.165, 1.54) is 13.1 Å². The molecule has 1 aliphatic heterocycles. The van der Waals surface area contributed by atoms with E-state index in [0.29, 0.717) is 30.8 Å². The van der Waals surface area contributed by atoms with Crippen LogP contribution >= 0.6 is 0 Å². The first-order chi connectivity index (χ1) is 16.7. The zero-order chi connectivity index (χ0) is 26.0. The van der Waals surface area contributed by atoms with Crippen molar-refractivity contribution < 1.29 is 23.1 Å². The molecule has 1 aromatic carbocycles. The van der Waals surface area contributed by atoms with Gasteiger partial charge in [0.05, 0.1) is 18.8 Å². The summed E-state index contributed by atoms with van der Waals surface area (Å²) >= 11 is 0. The Labute approximate surface area is 203 Å². The molecule has 0 aliphatic carbocycles. The largest absolute Gasteiger partial charge is 0.442 e. The molecular weight excluding hydrogens is 458 g/mol. The number of hydrazine groups is 1. The normalized spacial score (nSPS) is 17.1. The van der Waals surface area contributed by atoms with Gasteiger partial charge in [0.1, 0.15) is 17.8 Å². The zero-order valence-corrected chi connectivity index (χ0v) is 19.9. The molecule has 1 aromatic rings. The van der Waals surface area contributed by atoms with Gasteiger partial charge in [-0.15, -0.1) is 0 Å². The van der Waals surface area contributed by atoms with Crippen LogP contribution in [0.2, 0.25) is 0 Å². The lowest BCUT2D eigenvalue weighted by Crippen LogP contribution is -2.32. The van der Waals surface area contributed by atoms with Crippen LogP contribution in [0.3, 0.4) is 0 Å². The van der Waals surface area contributed by atoms with E-state index in [-0.39, 0.29) is 30.3 Å². The van der Waals surface area contributed by atoms with Crippen LogP contribution in [-0.4, -0.2) is 49.2 Å². The molecule has 0 bridgehead atoms. The third kappa shape index (κ3) is 8.23. The molecule has 35 heavy (non-hydrogen) atoms. The van der Waals surface area contributed by atoms with Crippen molar-refractivity contribution >= 4 is 17.6 Å². The summed E-state index contributed by atoms with van der Waals surface area (Å²) in [5.41, 5.74) is 9.64. The summed E-state index contributed by atoms with van der Waals surface area (Å²) in [4.78, 5) is 24.3. The van der Waals surface area contributed by atoms with Crippen LogP contribution in [0.25, 0.3) is 5.57 Å². The van der Waals surface area contributed by atoms with Crippen LogP contribution in [0.1, 0.15) is 25.0 Å². The second-order valence-corrected chi connectivity index (χ2v) is 7.91. The molecule has 1 unspecified atom stereocenters.